The normalized spacial score (nSPS) is 10.9. The molecule has 0 aliphatic carbocycles. The van der Waals surface area contributed by atoms with Crippen LogP contribution >= 0.6 is 22.6 Å². The third-order valence-electron chi connectivity index (χ3n) is 4.09. The van der Waals surface area contributed by atoms with Gasteiger partial charge in [-0.25, -0.2) is 18.7 Å². The number of hydrogen-bond acceptors (Lipinski definition) is 7. The monoisotopic (exact) mass is 596 g/mol. The van der Waals surface area contributed by atoms with E-state index in [0.29, 0.717) is 3.57 Å². The van der Waals surface area contributed by atoms with Crippen molar-refractivity contribution in [2.45, 2.75) is 26.4 Å². The summed E-state index contributed by atoms with van der Waals surface area (Å²) in [6, 6.07) is 4.94. The van der Waals surface area contributed by atoms with E-state index in [2.05, 4.69) is 16.1 Å². The quantitative estimate of drug-likeness (QED) is 0.145. The summed E-state index contributed by atoms with van der Waals surface area (Å²) < 4.78 is 44.6. The van der Waals surface area contributed by atoms with Gasteiger partial charge in [-0.2, -0.15) is 5.48 Å². The maximum atomic E-state index is 15.0. The lowest BCUT2D eigenvalue weighted by Crippen LogP contribution is -2.35. The van der Waals surface area contributed by atoms with Gasteiger partial charge in [-0.05, 0) is 60.7 Å². The average molecular weight is 596 g/mol. The zero-order chi connectivity index (χ0) is 25.3. The first-order valence-corrected chi connectivity index (χ1v) is 11.1. The Morgan fingerprint density at radius 3 is 2.50 bits per heavy atom. The van der Waals surface area contributed by atoms with Gasteiger partial charge in [0.25, 0.3) is 5.91 Å². The number of carbonyl (C=O) groups excluding carboxylic acids is 2. The second-order valence-corrected chi connectivity index (χ2v) is 8.42. The topological polar surface area (TPSA) is 121 Å². The number of amides is 2. The van der Waals surface area contributed by atoms with Crippen LogP contribution in [0, 0.1) is 21.0 Å². The van der Waals surface area contributed by atoms with Crippen LogP contribution < -0.4 is 21.6 Å². The van der Waals surface area contributed by atoms with Gasteiger partial charge in [-0.3, -0.25) is 19.3 Å². The predicted molar refractivity (Wildman–Crippen MR) is 125 cm³/mol. The molecule has 0 aliphatic rings. The summed E-state index contributed by atoms with van der Waals surface area (Å²) in [6.07, 6.45) is 0. The molecule has 0 atom stereocenters. The van der Waals surface area contributed by atoms with E-state index in [1.165, 1.54) is 18.2 Å². The molecule has 5 N–H and O–H groups in total. The first-order chi connectivity index (χ1) is 16.1. The van der Waals surface area contributed by atoms with Gasteiger partial charge in [-0.1, -0.05) is 0 Å². The Morgan fingerprint density at radius 2 is 1.85 bits per heavy atom. The van der Waals surface area contributed by atoms with Crippen molar-refractivity contribution in [1.29, 1.82) is 0 Å². The number of hydrogen-bond donors (Lipinski definition) is 5. The molecule has 2 aromatic rings. The van der Waals surface area contributed by atoms with Crippen LogP contribution in [0.4, 0.5) is 24.5 Å². The molecule has 0 heterocycles. The van der Waals surface area contributed by atoms with E-state index in [0.717, 1.165) is 6.07 Å². The van der Waals surface area contributed by atoms with E-state index in [-0.39, 0.29) is 30.5 Å². The minimum atomic E-state index is -1.44. The molecule has 0 saturated carbocycles. The van der Waals surface area contributed by atoms with Crippen LogP contribution in [0.15, 0.2) is 24.3 Å². The Hall–Kier alpha value is -2.46. The molecule has 186 valence electrons. The second-order valence-electron chi connectivity index (χ2n) is 7.17. The Labute approximate surface area is 207 Å². The summed E-state index contributed by atoms with van der Waals surface area (Å²) in [5.74, 6) is -4.90. The number of anilines is 2. The third kappa shape index (κ3) is 8.09. The molecular weight excluding hydrogens is 572 g/mol. The summed E-state index contributed by atoms with van der Waals surface area (Å²) in [5.41, 5.74) is 2.82. The lowest BCUT2D eigenvalue weighted by atomic mass is 10.1. The highest BCUT2D eigenvalue weighted by Crippen LogP contribution is 2.30. The van der Waals surface area contributed by atoms with Crippen LogP contribution in [0.5, 0.6) is 0 Å². The first-order valence-electron chi connectivity index (χ1n) is 10.0. The summed E-state index contributed by atoms with van der Waals surface area (Å²) in [5, 5.41) is 13.8. The number of hydroxylamine groups is 2. The molecule has 34 heavy (non-hydrogen) atoms. The number of rotatable bonds is 12. The number of halogens is 4. The molecule has 0 fully saturated rings. The maximum absolute atomic E-state index is 15.0. The number of aliphatic hydroxyl groups is 1. The SMILES string of the molecule is CC(C)NC(=O)CONCc1cc(C(=O)NOCCO)c(Nc2ccc(I)cc2F)c(F)c1F. The average Bonchev–Trinajstić information content (AvgIpc) is 2.76. The van der Waals surface area contributed by atoms with Crippen molar-refractivity contribution in [2.24, 2.45) is 0 Å². The van der Waals surface area contributed by atoms with Crippen molar-refractivity contribution in [3.8, 4) is 0 Å². The van der Waals surface area contributed by atoms with Gasteiger partial charge >= 0.3 is 0 Å². The lowest BCUT2D eigenvalue weighted by molar-refractivity contribution is -0.129. The number of carbonyl (C=O) groups is 2. The van der Waals surface area contributed by atoms with Gasteiger partial charge in [0.15, 0.2) is 11.6 Å². The van der Waals surface area contributed by atoms with Crippen molar-refractivity contribution in [2.75, 3.05) is 25.1 Å². The fourth-order valence-corrected chi connectivity index (χ4v) is 3.11. The molecule has 0 aromatic heterocycles. The van der Waals surface area contributed by atoms with E-state index < -0.39 is 53.7 Å². The molecule has 0 unspecified atom stereocenters. The zero-order valence-electron chi connectivity index (χ0n) is 18.3. The molecule has 2 rings (SSSR count). The predicted octanol–water partition coefficient (Wildman–Crippen LogP) is 2.65. The highest BCUT2D eigenvalue weighted by Gasteiger charge is 2.24. The van der Waals surface area contributed by atoms with Crippen LogP contribution in [0.3, 0.4) is 0 Å². The van der Waals surface area contributed by atoms with Crippen molar-refractivity contribution in [3.05, 3.63) is 56.4 Å². The largest absolute Gasteiger partial charge is 0.394 e. The molecule has 0 radical (unpaired) electrons. The van der Waals surface area contributed by atoms with E-state index in [9.17, 15) is 22.8 Å². The molecular formula is C21H24F3IN4O5. The minimum absolute atomic E-state index is 0.102. The highest BCUT2D eigenvalue weighted by atomic mass is 127. The number of aliphatic hydroxyl groups excluding tert-OH is 1. The fourth-order valence-electron chi connectivity index (χ4n) is 2.66. The fraction of sp³-hybridized carbons (Fsp3) is 0.333. The molecule has 0 aliphatic heterocycles. The smallest absolute Gasteiger partial charge is 0.277 e. The van der Waals surface area contributed by atoms with Crippen LogP contribution in [-0.2, 0) is 21.0 Å². The van der Waals surface area contributed by atoms with Crippen molar-refractivity contribution >= 4 is 45.8 Å². The molecule has 0 bridgehead atoms. The molecule has 0 saturated heterocycles. The van der Waals surface area contributed by atoms with Crippen LogP contribution in [0.1, 0.15) is 29.8 Å². The van der Waals surface area contributed by atoms with Crippen molar-refractivity contribution in [3.63, 3.8) is 0 Å². The first kappa shape index (κ1) is 27.8. The standard InChI is InChI=1S/C21H24F3IN4O5/c1-11(2)27-17(31)10-34-26-9-12-7-14(21(32)29-33-6-5-30)20(19(24)18(12)23)28-16-4-3-13(25)8-15(16)22/h3-4,7-8,11,26,28,30H,5-6,9-10H2,1-2H3,(H,27,31)(H,29,32). The Morgan fingerprint density at radius 1 is 1.12 bits per heavy atom. The molecule has 2 amide bonds. The summed E-state index contributed by atoms with van der Waals surface area (Å²) in [4.78, 5) is 33.9. The molecule has 0 spiro atoms. The Balaban J connectivity index is 2.29. The van der Waals surface area contributed by atoms with Crippen molar-refractivity contribution < 1.29 is 37.5 Å². The van der Waals surface area contributed by atoms with Gasteiger partial charge in [0.2, 0.25) is 5.91 Å². The van der Waals surface area contributed by atoms with Gasteiger partial charge in [-0.15, -0.1) is 0 Å². The Kier molecular flexibility index (Phi) is 11.0. The van der Waals surface area contributed by atoms with Gasteiger partial charge in [0.05, 0.1) is 30.2 Å². The van der Waals surface area contributed by atoms with E-state index in [1.54, 1.807) is 13.8 Å². The molecule has 2 aromatic carbocycles. The van der Waals surface area contributed by atoms with Crippen LogP contribution in [0.2, 0.25) is 0 Å². The van der Waals surface area contributed by atoms with E-state index in [4.69, 9.17) is 14.8 Å². The summed E-state index contributed by atoms with van der Waals surface area (Å²) in [7, 11) is 0. The third-order valence-corrected chi connectivity index (χ3v) is 4.76. The van der Waals surface area contributed by atoms with Gasteiger partial charge in [0, 0.05) is 21.7 Å². The lowest BCUT2D eigenvalue weighted by Gasteiger charge is -2.17. The van der Waals surface area contributed by atoms with E-state index >= 15 is 0 Å². The minimum Gasteiger partial charge on any atom is -0.394 e. The summed E-state index contributed by atoms with van der Waals surface area (Å²) >= 11 is 1.88. The van der Waals surface area contributed by atoms with E-state index in [1.807, 2.05) is 28.1 Å². The Bertz CT molecular complexity index is 1030. The maximum Gasteiger partial charge on any atom is 0.277 e. The van der Waals surface area contributed by atoms with Crippen LogP contribution in [-0.4, -0.2) is 42.8 Å². The van der Waals surface area contributed by atoms with Gasteiger partial charge < -0.3 is 15.7 Å². The molecule has 9 nitrogen and oxygen atoms in total. The van der Waals surface area contributed by atoms with Crippen molar-refractivity contribution in [1.82, 2.24) is 16.3 Å². The van der Waals surface area contributed by atoms with Gasteiger partial charge in [0.1, 0.15) is 12.4 Å². The number of benzene rings is 2. The van der Waals surface area contributed by atoms with Crippen LogP contribution in [0.25, 0.3) is 0 Å². The zero-order valence-corrected chi connectivity index (χ0v) is 20.5. The molecule has 13 heteroatoms. The summed E-state index contributed by atoms with van der Waals surface area (Å²) in [6.45, 7) is 2.11. The highest BCUT2D eigenvalue weighted by molar-refractivity contribution is 14.1. The second kappa shape index (κ2) is 13.4. The number of nitrogens with one attached hydrogen (secondary N) is 4.